The summed E-state index contributed by atoms with van der Waals surface area (Å²) < 4.78 is 11.5. The highest BCUT2D eigenvalue weighted by Gasteiger charge is 2.35. The summed E-state index contributed by atoms with van der Waals surface area (Å²) in [6, 6.07) is 8.91. The van der Waals surface area contributed by atoms with Crippen LogP contribution in [0.1, 0.15) is 32.6 Å². The fourth-order valence-corrected chi connectivity index (χ4v) is 3.93. The normalized spacial score (nSPS) is 27.5. The quantitative estimate of drug-likeness (QED) is 0.713. The first-order valence-corrected chi connectivity index (χ1v) is 9.28. The summed E-state index contributed by atoms with van der Waals surface area (Å²) in [4.78, 5) is 2.46. The molecule has 5 heteroatoms. The van der Waals surface area contributed by atoms with Crippen LogP contribution in [0.3, 0.4) is 0 Å². The molecule has 0 radical (unpaired) electrons. The maximum absolute atomic E-state index is 9.76. The average molecular weight is 334 g/mol. The minimum atomic E-state index is -0.135. The minimum absolute atomic E-state index is 0.135. The average Bonchev–Trinajstić information content (AvgIpc) is 3.22. The van der Waals surface area contributed by atoms with Gasteiger partial charge in [0.05, 0.1) is 12.7 Å². The summed E-state index contributed by atoms with van der Waals surface area (Å²) in [5, 5.41) is 13.4. The van der Waals surface area contributed by atoms with Crippen molar-refractivity contribution in [3.05, 3.63) is 24.3 Å². The second kappa shape index (κ2) is 8.70. The van der Waals surface area contributed by atoms with E-state index < -0.39 is 0 Å². The SMILES string of the molecule is CCOc1ccccc1OCCN[C@@H]1CCC[C@@H]1N1CCC(O)C1. The molecule has 1 aliphatic heterocycles. The van der Waals surface area contributed by atoms with Gasteiger partial charge in [0.1, 0.15) is 6.61 Å². The molecule has 3 atom stereocenters. The van der Waals surface area contributed by atoms with Gasteiger partial charge in [0.25, 0.3) is 0 Å². The Morgan fingerprint density at radius 2 is 1.96 bits per heavy atom. The van der Waals surface area contributed by atoms with E-state index in [2.05, 4.69) is 10.2 Å². The van der Waals surface area contributed by atoms with Crippen LogP contribution in [0.15, 0.2) is 24.3 Å². The lowest BCUT2D eigenvalue weighted by atomic mass is 10.1. The monoisotopic (exact) mass is 334 g/mol. The van der Waals surface area contributed by atoms with E-state index in [9.17, 15) is 5.11 Å². The van der Waals surface area contributed by atoms with Crippen molar-refractivity contribution in [3.8, 4) is 11.5 Å². The van der Waals surface area contributed by atoms with Gasteiger partial charge >= 0.3 is 0 Å². The molecule has 0 amide bonds. The lowest BCUT2D eigenvalue weighted by molar-refractivity contribution is 0.149. The van der Waals surface area contributed by atoms with Gasteiger partial charge in [0.15, 0.2) is 11.5 Å². The van der Waals surface area contributed by atoms with Crippen molar-refractivity contribution in [1.29, 1.82) is 0 Å². The van der Waals surface area contributed by atoms with Crippen LogP contribution in [0, 0.1) is 0 Å². The molecular formula is C19H30N2O3. The van der Waals surface area contributed by atoms with E-state index in [0.29, 0.717) is 25.3 Å². The third-order valence-corrected chi connectivity index (χ3v) is 5.06. The number of benzene rings is 1. The Balaban J connectivity index is 1.43. The molecule has 0 spiro atoms. The second-order valence-electron chi connectivity index (χ2n) is 6.72. The minimum Gasteiger partial charge on any atom is -0.490 e. The Morgan fingerprint density at radius 1 is 1.17 bits per heavy atom. The van der Waals surface area contributed by atoms with Gasteiger partial charge in [-0.15, -0.1) is 0 Å². The van der Waals surface area contributed by atoms with Crippen molar-refractivity contribution in [2.45, 2.75) is 50.8 Å². The van der Waals surface area contributed by atoms with Crippen LogP contribution in [0.5, 0.6) is 11.5 Å². The first-order valence-electron chi connectivity index (χ1n) is 9.28. The van der Waals surface area contributed by atoms with E-state index in [1.54, 1.807) is 0 Å². The lowest BCUT2D eigenvalue weighted by Gasteiger charge is -2.30. The lowest BCUT2D eigenvalue weighted by Crippen LogP contribution is -2.47. The number of para-hydroxylation sites is 2. The Kier molecular flexibility index (Phi) is 6.35. The van der Waals surface area contributed by atoms with Gasteiger partial charge < -0.3 is 19.9 Å². The smallest absolute Gasteiger partial charge is 0.161 e. The summed E-state index contributed by atoms with van der Waals surface area (Å²) in [6.07, 6.45) is 4.50. The topological polar surface area (TPSA) is 54.0 Å². The fourth-order valence-electron chi connectivity index (χ4n) is 3.93. The van der Waals surface area contributed by atoms with Gasteiger partial charge in [-0.3, -0.25) is 4.90 Å². The van der Waals surface area contributed by atoms with Gasteiger partial charge in [-0.2, -0.15) is 0 Å². The van der Waals surface area contributed by atoms with Gasteiger partial charge in [0.2, 0.25) is 0 Å². The Morgan fingerprint density at radius 3 is 2.67 bits per heavy atom. The van der Waals surface area contributed by atoms with Crippen LogP contribution in [0.2, 0.25) is 0 Å². The summed E-state index contributed by atoms with van der Waals surface area (Å²) >= 11 is 0. The number of nitrogens with one attached hydrogen (secondary N) is 1. The zero-order valence-electron chi connectivity index (χ0n) is 14.6. The summed E-state index contributed by atoms with van der Waals surface area (Å²) in [5.41, 5.74) is 0. The van der Waals surface area contributed by atoms with Crippen molar-refractivity contribution in [3.63, 3.8) is 0 Å². The molecule has 1 heterocycles. The van der Waals surface area contributed by atoms with Crippen LogP contribution < -0.4 is 14.8 Å². The molecule has 0 bridgehead atoms. The third-order valence-electron chi connectivity index (χ3n) is 5.06. The molecule has 5 nitrogen and oxygen atoms in total. The number of likely N-dealkylation sites (tertiary alicyclic amines) is 1. The molecule has 1 aromatic rings. The summed E-state index contributed by atoms with van der Waals surface area (Å²) in [7, 11) is 0. The molecule has 3 rings (SSSR count). The van der Waals surface area contributed by atoms with Crippen molar-refractivity contribution in [1.82, 2.24) is 10.2 Å². The Hall–Kier alpha value is -1.30. The molecule has 0 aromatic heterocycles. The van der Waals surface area contributed by atoms with Crippen LogP contribution in [0.25, 0.3) is 0 Å². The van der Waals surface area contributed by atoms with E-state index in [1.807, 2.05) is 31.2 Å². The summed E-state index contributed by atoms with van der Waals surface area (Å²) in [6.45, 7) is 5.95. The molecule has 1 saturated heterocycles. The number of aliphatic hydroxyl groups excluding tert-OH is 1. The molecule has 1 aromatic carbocycles. The number of nitrogens with zero attached hydrogens (tertiary/aromatic N) is 1. The zero-order valence-corrected chi connectivity index (χ0v) is 14.6. The van der Waals surface area contributed by atoms with Gasteiger partial charge in [-0.05, 0) is 38.3 Å². The maximum atomic E-state index is 9.76. The predicted octanol–water partition coefficient (Wildman–Crippen LogP) is 2.04. The van der Waals surface area contributed by atoms with Crippen LogP contribution in [-0.2, 0) is 0 Å². The van der Waals surface area contributed by atoms with Gasteiger partial charge in [0, 0.05) is 31.7 Å². The molecule has 1 aliphatic carbocycles. The number of ether oxygens (including phenoxy) is 2. The van der Waals surface area contributed by atoms with Crippen LogP contribution in [0.4, 0.5) is 0 Å². The highest BCUT2D eigenvalue weighted by atomic mass is 16.5. The summed E-state index contributed by atoms with van der Waals surface area (Å²) in [5.74, 6) is 1.62. The highest BCUT2D eigenvalue weighted by Crippen LogP contribution is 2.28. The molecule has 2 N–H and O–H groups in total. The van der Waals surface area contributed by atoms with E-state index in [-0.39, 0.29) is 6.10 Å². The first-order chi connectivity index (χ1) is 11.8. The second-order valence-corrected chi connectivity index (χ2v) is 6.72. The largest absolute Gasteiger partial charge is 0.490 e. The zero-order chi connectivity index (χ0) is 16.8. The van der Waals surface area contributed by atoms with E-state index >= 15 is 0 Å². The highest BCUT2D eigenvalue weighted by molar-refractivity contribution is 5.39. The van der Waals surface area contributed by atoms with Crippen LogP contribution in [-0.4, -0.2) is 61.0 Å². The number of aliphatic hydroxyl groups is 1. The number of rotatable bonds is 8. The van der Waals surface area contributed by atoms with Crippen molar-refractivity contribution < 1.29 is 14.6 Å². The molecule has 134 valence electrons. The van der Waals surface area contributed by atoms with Gasteiger partial charge in [-0.25, -0.2) is 0 Å². The fraction of sp³-hybridized carbons (Fsp3) is 0.684. The first kappa shape index (κ1) is 17.5. The van der Waals surface area contributed by atoms with Crippen LogP contribution >= 0.6 is 0 Å². The maximum Gasteiger partial charge on any atom is 0.161 e. The molecule has 2 aliphatic rings. The predicted molar refractivity (Wildman–Crippen MR) is 94.7 cm³/mol. The van der Waals surface area contributed by atoms with E-state index in [4.69, 9.17) is 9.47 Å². The number of hydrogen-bond donors (Lipinski definition) is 2. The van der Waals surface area contributed by atoms with E-state index in [0.717, 1.165) is 37.6 Å². The van der Waals surface area contributed by atoms with Crippen molar-refractivity contribution >= 4 is 0 Å². The Bertz CT molecular complexity index is 511. The molecule has 1 unspecified atom stereocenters. The van der Waals surface area contributed by atoms with Crippen molar-refractivity contribution in [2.75, 3.05) is 32.8 Å². The van der Waals surface area contributed by atoms with Gasteiger partial charge in [-0.1, -0.05) is 18.6 Å². The van der Waals surface area contributed by atoms with E-state index in [1.165, 1.54) is 19.3 Å². The Labute approximate surface area is 144 Å². The molecule has 1 saturated carbocycles. The third kappa shape index (κ3) is 4.41. The standard InChI is InChI=1S/C19H30N2O3/c1-2-23-18-8-3-4-9-19(18)24-13-11-20-16-6-5-7-17(16)21-12-10-15(22)14-21/h3-4,8-9,15-17,20,22H,2,5-7,10-14H2,1H3/t15?,16-,17+/m1/s1. The number of hydrogen-bond acceptors (Lipinski definition) is 5. The molecule has 2 fully saturated rings. The number of β-amino-alcohol motifs (C(OH)–C–C–N with tert-alkyl or cyclic N) is 1. The molecule has 24 heavy (non-hydrogen) atoms. The molecular weight excluding hydrogens is 304 g/mol. The van der Waals surface area contributed by atoms with Crippen molar-refractivity contribution in [2.24, 2.45) is 0 Å².